The maximum absolute atomic E-state index is 11.9. The number of carboxylic acid groups (broad SMARTS) is 1. The Kier molecular flexibility index (Phi) is 5.75. The van der Waals surface area contributed by atoms with Gasteiger partial charge in [0.2, 0.25) is 11.8 Å². The number of hydrogen-bond acceptors (Lipinski definition) is 4. The molecule has 1 fully saturated rings. The van der Waals surface area contributed by atoms with Gasteiger partial charge in [0.15, 0.2) is 0 Å². The lowest BCUT2D eigenvalue weighted by atomic mass is 9.85. The van der Waals surface area contributed by atoms with E-state index in [2.05, 4.69) is 5.32 Å². The maximum atomic E-state index is 11.9. The predicted octanol–water partition coefficient (Wildman–Crippen LogP) is -0.661. The van der Waals surface area contributed by atoms with Gasteiger partial charge in [-0.05, 0) is 32.1 Å². The van der Waals surface area contributed by atoms with Gasteiger partial charge in [0.1, 0.15) is 6.04 Å². The second-order valence-electron chi connectivity index (χ2n) is 5.02. The van der Waals surface area contributed by atoms with E-state index in [9.17, 15) is 14.4 Å². The molecule has 1 rings (SSSR count). The van der Waals surface area contributed by atoms with Crippen LogP contribution in [0.15, 0.2) is 0 Å². The number of nitrogens with one attached hydrogen (secondary N) is 1. The summed E-state index contributed by atoms with van der Waals surface area (Å²) in [5, 5.41) is 11.5. The van der Waals surface area contributed by atoms with Crippen molar-refractivity contribution in [3.63, 3.8) is 0 Å². The summed E-state index contributed by atoms with van der Waals surface area (Å²) in [5.74, 6) is -2.19. The molecule has 1 aliphatic rings. The highest BCUT2D eigenvalue weighted by Crippen LogP contribution is 2.23. The molecule has 108 valence electrons. The van der Waals surface area contributed by atoms with Gasteiger partial charge in [-0.1, -0.05) is 0 Å². The fraction of sp³-hybridized carbons (Fsp3) is 0.750. The largest absolute Gasteiger partial charge is 0.480 e. The molecule has 19 heavy (non-hydrogen) atoms. The molecule has 7 nitrogen and oxygen atoms in total. The van der Waals surface area contributed by atoms with Gasteiger partial charge < -0.3 is 21.9 Å². The van der Waals surface area contributed by atoms with Gasteiger partial charge in [-0.3, -0.25) is 9.59 Å². The summed E-state index contributed by atoms with van der Waals surface area (Å²) < 4.78 is 0. The maximum Gasteiger partial charge on any atom is 0.326 e. The van der Waals surface area contributed by atoms with Gasteiger partial charge in [-0.25, -0.2) is 4.79 Å². The Morgan fingerprint density at radius 3 is 2.26 bits per heavy atom. The van der Waals surface area contributed by atoms with Crippen molar-refractivity contribution in [2.45, 2.75) is 50.6 Å². The average molecular weight is 271 g/mol. The smallest absolute Gasteiger partial charge is 0.326 e. The number of aliphatic carboxylic acids is 1. The van der Waals surface area contributed by atoms with E-state index in [1.807, 2.05) is 0 Å². The number of carbonyl (C=O) groups is 3. The summed E-state index contributed by atoms with van der Waals surface area (Å²) in [6.45, 7) is 0. The minimum atomic E-state index is -1.15. The quantitative estimate of drug-likeness (QED) is 0.508. The zero-order chi connectivity index (χ0) is 14.4. The number of carbonyl (C=O) groups excluding carboxylic acids is 2. The van der Waals surface area contributed by atoms with Crippen molar-refractivity contribution in [3.05, 3.63) is 0 Å². The third kappa shape index (κ3) is 5.25. The van der Waals surface area contributed by atoms with Gasteiger partial charge in [0.25, 0.3) is 0 Å². The van der Waals surface area contributed by atoms with Crippen molar-refractivity contribution in [2.75, 3.05) is 0 Å². The van der Waals surface area contributed by atoms with E-state index < -0.39 is 17.9 Å². The molecule has 0 heterocycles. The molecule has 1 aliphatic carbocycles. The Hall–Kier alpha value is -1.63. The number of amides is 2. The first kappa shape index (κ1) is 15.4. The topological polar surface area (TPSA) is 136 Å². The van der Waals surface area contributed by atoms with Crippen LogP contribution in [0.4, 0.5) is 0 Å². The molecule has 0 bridgehead atoms. The Morgan fingerprint density at radius 1 is 1.21 bits per heavy atom. The molecule has 0 aromatic heterocycles. The lowest BCUT2D eigenvalue weighted by molar-refractivity contribution is -0.143. The highest BCUT2D eigenvalue weighted by molar-refractivity contribution is 5.85. The number of nitrogens with two attached hydrogens (primary N) is 2. The van der Waals surface area contributed by atoms with Crippen molar-refractivity contribution < 1.29 is 19.5 Å². The van der Waals surface area contributed by atoms with E-state index in [1.165, 1.54) is 0 Å². The van der Waals surface area contributed by atoms with Gasteiger partial charge in [-0.15, -0.1) is 0 Å². The van der Waals surface area contributed by atoms with Crippen LogP contribution in [0.25, 0.3) is 0 Å². The van der Waals surface area contributed by atoms with Crippen LogP contribution in [-0.2, 0) is 14.4 Å². The molecule has 0 radical (unpaired) electrons. The first-order valence-electron chi connectivity index (χ1n) is 6.47. The minimum Gasteiger partial charge on any atom is -0.480 e. The van der Waals surface area contributed by atoms with Crippen molar-refractivity contribution in [3.8, 4) is 0 Å². The van der Waals surface area contributed by atoms with Crippen LogP contribution in [0.5, 0.6) is 0 Å². The van der Waals surface area contributed by atoms with Gasteiger partial charge in [0, 0.05) is 18.4 Å². The molecule has 0 aromatic carbocycles. The summed E-state index contributed by atoms with van der Waals surface area (Å²) in [4.78, 5) is 33.6. The molecule has 7 heteroatoms. The van der Waals surface area contributed by atoms with Crippen molar-refractivity contribution in [1.29, 1.82) is 0 Å². The fourth-order valence-corrected chi connectivity index (χ4v) is 2.21. The zero-order valence-corrected chi connectivity index (χ0v) is 10.8. The van der Waals surface area contributed by atoms with Gasteiger partial charge in [-0.2, -0.15) is 0 Å². The number of primary amides is 1. The minimum absolute atomic E-state index is 0.0165. The van der Waals surface area contributed by atoms with E-state index >= 15 is 0 Å². The lowest BCUT2D eigenvalue weighted by Crippen LogP contribution is -2.45. The third-order valence-electron chi connectivity index (χ3n) is 3.44. The van der Waals surface area contributed by atoms with Crippen LogP contribution in [-0.4, -0.2) is 35.0 Å². The molecule has 1 atom stereocenters. The normalized spacial score (nSPS) is 24.5. The summed E-state index contributed by atoms with van der Waals surface area (Å²) in [5.41, 5.74) is 10.7. The summed E-state index contributed by atoms with van der Waals surface area (Å²) in [7, 11) is 0. The Labute approximate surface area is 111 Å². The van der Waals surface area contributed by atoms with E-state index in [0.717, 1.165) is 12.8 Å². The van der Waals surface area contributed by atoms with Gasteiger partial charge in [0.05, 0.1) is 0 Å². The van der Waals surface area contributed by atoms with E-state index in [4.69, 9.17) is 16.6 Å². The van der Waals surface area contributed by atoms with Crippen LogP contribution in [0.1, 0.15) is 38.5 Å². The van der Waals surface area contributed by atoms with Crippen LogP contribution in [0, 0.1) is 5.92 Å². The summed E-state index contributed by atoms with van der Waals surface area (Å²) >= 11 is 0. The SMILES string of the molecule is NC(=O)CCC(NC(=O)C1CCC(N)CC1)C(=O)O. The van der Waals surface area contributed by atoms with E-state index in [0.29, 0.717) is 12.8 Å². The first-order valence-corrected chi connectivity index (χ1v) is 6.47. The highest BCUT2D eigenvalue weighted by atomic mass is 16.4. The van der Waals surface area contributed by atoms with Crippen LogP contribution < -0.4 is 16.8 Å². The second kappa shape index (κ2) is 7.08. The predicted molar refractivity (Wildman–Crippen MR) is 67.9 cm³/mol. The zero-order valence-electron chi connectivity index (χ0n) is 10.8. The first-order chi connectivity index (χ1) is 8.90. The molecule has 0 spiro atoms. The second-order valence-corrected chi connectivity index (χ2v) is 5.02. The average Bonchev–Trinajstić information content (AvgIpc) is 2.34. The standard InChI is InChI=1S/C12H21N3O4/c13-8-3-1-7(2-4-8)11(17)15-9(12(18)19)5-6-10(14)16/h7-9H,1-6,13H2,(H2,14,16)(H,15,17)(H,18,19). The Bertz CT molecular complexity index is 351. The Balaban J connectivity index is 2.46. The molecule has 2 amide bonds. The number of hydrogen-bond donors (Lipinski definition) is 4. The summed E-state index contributed by atoms with van der Waals surface area (Å²) in [6, 6.07) is -0.926. The molecule has 1 unspecified atom stereocenters. The molecular formula is C12H21N3O4. The summed E-state index contributed by atoms with van der Waals surface area (Å²) in [6.07, 6.45) is 2.86. The molecule has 0 aliphatic heterocycles. The van der Waals surface area contributed by atoms with Crippen LogP contribution in [0.3, 0.4) is 0 Å². The molecular weight excluding hydrogens is 250 g/mol. The number of carboxylic acids is 1. The van der Waals surface area contributed by atoms with Crippen molar-refractivity contribution >= 4 is 17.8 Å². The number of rotatable bonds is 6. The van der Waals surface area contributed by atoms with E-state index in [-0.39, 0.29) is 30.7 Å². The lowest BCUT2D eigenvalue weighted by Gasteiger charge is -2.26. The van der Waals surface area contributed by atoms with E-state index in [1.54, 1.807) is 0 Å². The molecule has 0 aromatic rings. The fourth-order valence-electron chi connectivity index (χ4n) is 2.21. The van der Waals surface area contributed by atoms with Crippen LogP contribution >= 0.6 is 0 Å². The van der Waals surface area contributed by atoms with Gasteiger partial charge >= 0.3 is 5.97 Å². The molecule has 0 saturated heterocycles. The monoisotopic (exact) mass is 271 g/mol. The molecule has 1 saturated carbocycles. The third-order valence-corrected chi connectivity index (χ3v) is 3.44. The highest BCUT2D eigenvalue weighted by Gasteiger charge is 2.28. The molecule has 6 N–H and O–H groups in total. The van der Waals surface area contributed by atoms with Crippen LogP contribution in [0.2, 0.25) is 0 Å². The Morgan fingerprint density at radius 2 is 1.79 bits per heavy atom. The van der Waals surface area contributed by atoms with Crippen molar-refractivity contribution in [1.82, 2.24) is 5.32 Å². The van der Waals surface area contributed by atoms with Crippen molar-refractivity contribution in [2.24, 2.45) is 17.4 Å².